The molecule has 0 amide bonds. The zero-order chi connectivity index (χ0) is 12.3. The van der Waals surface area contributed by atoms with Crippen molar-refractivity contribution in [2.24, 2.45) is 5.92 Å². The lowest BCUT2D eigenvalue weighted by Crippen LogP contribution is -2.26. The Kier molecular flexibility index (Phi) is 4.55. The molecule has 1 N–H and O–H groups in total. The summed E-state index contributed by atoms with van der Waals surface area (Å²) in [5, 5.41) is 4.61. The van der Waals surface area contributed by atoms with Crippen molar-refractivity contribution < 1.29 is 4.74 Å². The molecule has 1 aromatic rings. The van der Waals surface area contributed by atoms with Gasteiger partial charge in [0.1, 0.15) is 0 Å². The molecule has 1 atom stereocenters. The second kappa shape index (κ2) is 5.94. The Hall–Kier alpha value is -0.440. The first kappa shape index (κ1) is 13.0. The highest BCUT2D eigenvalue weighted by atomic mass is 35.5. The number of rotatable bonds is 6. The van der Waals surface area contributed by atoms with Gasteiger partial charge in [-0.15, -0.1) is 0 Å². The molecule has 1 unspecified atom stereocenters. The normalized spacial score (nSPS) is 16.9. The summed E-state index contributed by atoms with van der Waals surface area (Å²) >= 11 is 12.1. The van der Waals surface area contributed by atoms with E-state index >= 15 is 0 Å². The Bertz CT molecular complexity index is 359. The fraction of sp³-hybridized carbons (Fsp3) is 0.538. The molecule has 4 heteroatoms. The molecule has 1 fully saturated rings. The van der Waals surface area contributed by atoms with E-state index in [4.69, 9.17) is 27.9 Å². The highest BCUT2D eigenvalue weighted by Crippen LogP contribution is 2.32. The summed E-state index contributed by atoms with van der Waals surface area (Å²) in [6, 6.07) is 6.13. The Morgan fingerprint density at radius 1 is 1.35 bits per heavy atom. The number of hydrogen-bond acceptors (Lipinski definition) is 2. The zero-order valence-corrected chi connectivity index (χ0v) is 11.4. The van der Waals surface area contributed by atoms with Crippen molar-refractivity contribution in [2.45, 2.75) is 25.8 Å². The smallest absolute Gasteiger partial charge is 0.156 e. The van der Waals surface area contributed by atoms with Crippen LogP contribution in [0.5, 0.6) is 5.75 Å². The van der Waals surface area contributed by atoms with E-state index in [1.165, 1.54) is 12.8 Å². The van der Waals surface area contributed by atoms with E-state index in [9.17, 15) is 0 Å². The van der Waals surface area contributed by atoms with Crippen LogP contribution in [0, 0.1) is 5.92 Å². The molecule has 0 aromatic heterocycles. The van der Waals surface area contributed by atoms with Crippen LogP contribution in [-0.2, 0) is 0 Å². The van der Waals surface area contributed by atoms with Crippen molar-refractivity contribution in [2.75, 3.05) is 13.2 Å². The van der Waals surface area contributed by atoms with Crippen LogP contribution >= 0.6 is 23.2 Å². The molecule has 0 radical (unpaired) electrons. The minimum atomic E-state index is 0.447. The Balaban J connectivity index is 1.79. The molecule has 0 bridgehead atoms. The molecule has 1 saturated carbocycles. The molecule has 2 nitrogen and oxygen atoms in total. The van der Waals surface area contributed by atoms with E-state index in [1.807, 2.05) is 6.07 Å². The van der Waals surface area contributed by atoms with Crippen LogP contribution in [-0.4, -0.2) is 19.2 Å². The van der Waals surface area contributed by atoms with Crippen molar-refractivity contribution in [1.82, 2.24) is 5.32 Å². The average Bonchev–Trinajstić information content (AvgIpc) is 3.09. The molecular formula is C13H17Cl2NO. The fourth-order valence-electron chi connectivity index (χ4n) is 1.56. The molecule has 1 aromatic carbocycles. The van der Waals surface area contributed by atoms with E-state index in [0.717, 1.165) is 12.6 Å². The number of ether oxygens (including phenoxy) is 1. The molecule has 17 heavy (non-hydrogen) atoms. The van der Waals surface area contributed by atoms with E-state index in [2.05, 4.69) is 12.2 Å². The average molecular weight is 274 g/mol. The Morgan fingerprint density at radius 2 is 2.00 bits per heavy atom. The molecule has 1 aliphatic carbocycles. The third-order valence-electron chi connectivity index (χ3n) is 2.76. The van der Waals surface area contributed by atoms with Crippen molar-refractivity contribution in [3.63, 3.8) is 0 Å². The van der Waals surface area contributed by atoms with E-state index in [-0.39, 0.29) is 0 Å². The first-order valence-electron chi connectivity index (χ1n) is 5.97. The standard InChI is InChI=1S/C13H17Cl2NO/c1-9(7-16-10-5-6-10)8-17-13-11(14)3-2-4-12(13)15/h2-4,9-10,16H,5-8H2,1H3. The predicted octanol–water partition coefficient (Wildman–Crippen LogP) is 3.76. The van der Waals surface area contributed by atoms with Gasteiger partial charge in [-0.3, -0.25) is 0 Å². The molecule has 1 aliphatic rings. The SMILES string of the molecule is CC(CNC1CC1)COc1c(Cl)cccc1Cl. The van der Waals surface area contributed by atoms with Crippen LogP contribution < -0.4 is 10.1 Å². The molecule has 2 rings (SSSR count). The Labute approximate surface area is 112 Å². The maximum Gasteiger partial charge on any atom is 0.156 e. The van der Waals surface area contributed by atoms with Crippen LogP contribution in [0.2, 0.25) is 10.0 Å². The summed E-state index contributed by atoms with van der Waals surface area (Å²) in [5.74, 6) is 1.04. The van der Waals surface area contributed by atoms with E-state index < -0.39 is 0 Å². The van der Waals surface area contributed by atoms with Gasteiger partial charge >= 0.3 is 0 Å². The first-order valence-corrected chi connectivity index (χ1v) is 6.72. The number of para-hydroxylation sites is 1. The minimum Gasteiger partial charge on any atom is -0.490 e. The number of hydrogen-bond donors (Lipinski definition) is 1. The van der Waals surface area contributed by atoms with Gasteiger partial charge in [-0.05, 0) is 25.0 Å². The maximum atomic E-state index is 6.03. The predicted molar refractivity (Wildman–Crippen MR) is 72.1 cm³/mol. The van der Waals surface area contributed by atoms with Gasteiger partial charge in [-0.2, -0.15) is 0 Å². The number of benzene rings is 1. The van der Waals surface area contributed by atoms with Gasteiger partial charge in [0.05, 0.1) is 16.7 Å². The third-order valence-corrected chi connectivity index (χ3v) is 3.36. The largest absolute Gasteiger partial charge is 0.490 e. The van der Waals surface area contributed by atoms with Gasteiger partial charge in [0.15, 0.2) is 5.75 Å². The third kappa shape index (κ3) is 4.06. The molecule has 0 spiro atoms. The summed E-state index contributed by atoms with van der Waals surface area (Å²) in [4.78, 5) is 0. The second-order valence-corrected chi connectivity index (χ2v) is 5.46. The molecule has 0 heterocycles. The second-order valence-electron chi connectivity index (χ2n) is 4.65. The summed E-state index contributed by atoms with van der Waals surface area (Å²) < 4.78 is 5.68. The fourth-order valence-corrected chi connectivity index (χ4v) is 2.07. The first-order chi connectivity index (χ1) is 8.16. The monoisotopic (exact) mass is 273 g/mol. The van der Waals surface area contributed by atoms with E-state index in [0.29, 0.717) is 28.3 Å². The summed E-state index contributed by atoms with van der Waals surface area (Å²) in [6.07, 6.45) is 2.62. The van der Waals surface area contributed by atoms with Crippen LogP contribution in [0.3, 0.4) is 0 Å². The summed E-state index contributed by atoms with van der Waals surface area (Å²) in [5.41, 5.74) is 0. The van der Waals surface area contributed by atoms with Crippen molar-refractivity contribution in [3.8, 4) is 5.75 Å². The summed E-state index contributed by atoms with van der Waals surface area (Å²) in [6.45, 7) is 3.76. The number of halogens is 2. The highest BCUT2D eigenvalue weighted by molar-refractivity contribution is 6.37. The van der Waals surface area contributed by atoms with Gasteiger partial charge in [0, 0.05) is 18.5 Å². The van der Waals surface area contributed by atoms with Gasteiger partial charge < -0.3 is 10.1 Å². The molecule has 0 saturated heterocycles. The van der Waals surface area contributed by atoms with Crippen LogP contribution in [0.15, 0.2) is 18.2 Å². The van der Waals surface area contributed by atoms with Gasteiger partial charge in [0.25, 0.3) is 0 Å². The van der Waals surface area contributed by atoms with Crippen LogP contribution in [0.25, 0.3) is 0 Å². The lowest BCUT2D eigenvalue weighted by molar-refractivity contribution is 0.255. The van der Waals surface area contributed by atoms with Gasteiger partial charge in [-0.1, -0.05) is 36.2 Å². The number of nitrogens with one attached hydrogen (secondary N) is 1. The lowest BCUT2D eigenvalue weighted by Gasteiger charge is -2.15. The molecule has 0 aliphatic heterocycles. The van der Waals surface area contributed by atoms with Crippen LogP contribution in [0.1, 0.15) is 19.8 Å². The quantitative estimate of drug-likeness (QED) is 0.852. The minimum absolute atomic E-state index is 0.447. The van der Waals surface area contributed by atoms with E-state index in [1.54, 1.807) is 12.1 Å². The van der Waals surface area contributed by atoms with Crippen molar-refractivity contribution in [1.29, 1.82) is 0 Å². The van der Waals surface area contributed by atoms with Crippen molar-refractivity contribution >= 4 is 23.2 Å². The highest BCUT2D eigenvalue weighted by Gasteiger charge is 2.21. The van der Waals surface area contributed by atoms with Gasteiger partial charge in [-0.25, -0.2) is 0 Å². The Morgan fingerprint density at radius 3 is 2.59 bits per heavy atom. The zero-order valence-electron chi connectivity index (χ0n) is 9.88. The summed E-state index contributed by atoms with van der Waals surface area (Å²) in [7, 11) is 0. The molecule has 94 valence electrons. The topological polar surface area (TPSA) is 21.3 Å². The van der Waals surface area contributed by atoms with Gasteiger partial charge in [0.2, 0.25) is 0 Å². The molecular weight excluding hydrogens is 257 g/mol. The lowest BCUT2D eigenvalue weighted by atomic mass is 10.2. The maximum absolute atomic E-state index is 6.03. The van der Waals surface area contributed by atoms with Crippen LogP contribution in [0.4, 0.5) is 0 Å². The van der Waals surface area contributed by atoms with Crippen molar-refractivity contribution in [3.05, 3.63) is 28.2 Å².